The SMILES string of the molecule is CCOC(=O)c1ccccc1OP1OC[C@@]2(C#N)OC(c3ccc4c(N)ncnn34)C[C@@H]2O1. The number of aromatic nitrogens is 3. The minimum atomic E-state index is -1.88. The lowest BCUT2D eigenvalue weighted by molar-refractivity contribution is -0.0885. The lowest BCUT2D eigenvalue weighted by Crippen LogP contribution is -2.46. The summed E-state index contributed by atoms with van der Waals surface area (Å²) in [5.41, 5.74) is 6.27. The summed E-state index contributed by atoms with van der Waals surface area (Å²) in [6, 6.07) is 12.5. The number of carbonyl (C=O) groups is 1. The van der Waals surface area contributed by atoms with Crippen LogP contribution in [0.15, 0.2) is 42.7 Å². The van der Waals surface area contributed by atoms with Crippen molar-refractivity contribution in [2.24, 2.45) is 0 Å². The molecule has 0 spiro atoms. The molecule has 0 amide bonds. The third-order valence-corrected chi connectivity index (χ3v) is 6.60. The van der Waals surface area contributed by atoms with Crippen molar-refractivity contribution >= 4 is 25.9 Å². The Morgan fingerprint density at radius 3 is 3.06 bits per heavy atom. The molecule has 33 heavy (non-hydrogen) atoms. The standard InChI is InChI=1S/C21H20N5O6P/c1-2-28-20(27)13-5-3-4-6-16(13)31-33-29-11-21(10-22)18(32-33)9-17(30-21)14-7-8-15-19(23)24-12-25-26(14)15/h3-8,12,17-18H,2,9,11H2,1H3,(H2,23,24,25)/t17?,18-,21+,33?/m0/s1. The molecule has 2 N–H and O–H groups in total. The van der Waals surface area contributed by atoms with Crippen LogP contribution in [0.1, 0.15) is 35.5 Å². The third-order valence-electron chi connectivity index (χ3n) is 5.48. The van der Waals surface area contributed by atoms with Crippen molar-refractivity contribution in [1.29, 1.82) is 5.26 Å². The Labute approximate surface area is 190 Å². The molecule has 3 aromatic rings. The first-order chi connectivity index (χ1) is 16.0. The second-order valence-electron chi connectivity index (χ2n) is 7.44. The van der Waals surface area contributed by atoms with E-state index in [2.05, 4.69) is 16.2 Å². The fourth-order valence-corrected chi connectivity index (χ4v) is 5.12. The molecular weight excluding hydrogens is 449 g/mol. The molecule has 0 aliphatic carbocycles. The summed E-state index contributed by atoms with van der Waals surface area (Å²) >= 11 is 0. The maximum atomic E-state index is 12.2. The molecule has 2 aromatic heterocycles. The van der Waals surface area contributed by atoms with Gasteiger partial charge in [0.25, 0.3) is 0 Å². The summed E-state index contributed by atoms with van der Waals surface area (Å²) in [4.78, 5) is 16.2. The summed E-state index contributed by atoms with van der Waals surface area (Å²) in [5, 5.41) is 14.1. The second kappa shape index (κ2) is 8.57. The molecule has 2 saturated heterocycles. The number of esters is 1. The highest BCUT2D eigenvalue weighted by atomic mass is 31.2. The topological polar surface area (TPSA) is 143 Å². The van der Waals surface area contributed by atoms with E-state index < -0.39 is 32.4 Å². The Balaban J connectivity index is 1.36. The van der Waals surface area contributed by atoms with Gasteiger partial charge in [-0.05, 0) is 31.2 Å². The van der Waals surface area contributed by atoms with Gasteiger partial charge in [0.15, 0.2) is 5.82 Å². The zero-order chi connectivity index (χ0) is 23.0. The van der Waals surface area contributed by atoms with Crippen molar-refractivity contribution in [2.45, 2.75) is 31.2 Å². The van der Waals surface area contributed by atoms with E-state index >= 15 is 0 Å². The summed E-state index contributed by atoms with van der Waals surface area (Å²) in [7, 11) is -1.88. The van der Waals surface area contributed by atoms with Crippen molar-refractivity contribution in [3.63, 3.8) is 0 Å². The van der Waals surface area contributed by atoms with Crippen LogP contribution < -0.4 is 10.3 Å². The number of nitrogens with two attached hydrogens (primary N) is 1. The predicted octanol–water partition coefficient (Wildman–Crippen LogP) is 2.93. The van der Waals surface area contributed by atoms with Crippen LogP contribution in [0.25, 0.3) is 5.52 Å². The van der Waals surface area contributed by atoms with Crippen LogP contribution in [0.5, 0.6) is 5.75 Å². The summed E-state index contributed by atoms with van der Waals surface area (Å²) in [5.74, 6) is 0.127. The van der Waals surface area contributed by atoms with Gasteiger partial charge in [0.1, 0.15) is 48.0 Å². The molecule has 1 aromatic carbocycles. The van der Waals surface area contributed by atoms with Crippen molar-refractivity contribution in [2.75, 3.05) is 18.9 Å². The smallest absolute Gasteiger partial charge is 0.397 e. The maximum absolute atomic E-state index is 12.2. The number of hydrogen-bond acceptors (Lipinski definition) is 10. The van der Waals surface area contributed by atoms with E-state index in [1.807, 2.05) is 6.07 Å². The molecule has 5 rings (SSSR count). The summed E-state index contributed by atoms with van der Waals surface area (Å²) < 4.78 is 30.5. The molecule has 11 nitrogen and oxygen atoms in total. The molecule has 2 aliphatic heterocycles. The Morgan fingerprint density at radius 1 is 1.39 bits per heavy atom. The van der Waals surface area contributed by atoms with Crippen LogP contribution >= 0.6 is 8.60 Å². The van der Waals surface area contributed by atoms with Gasteiger partial charge in [0, 0.05) is 6.42 Å². The Kier molecular flexibility index (Phi) is 5.60. The second-order valence-corrected chi connectivity index (χ2v) is 8.54. The average molecular weight is 469 g/mol. The van der Waals surface area contributed by atoms with Crippen LogP contribution in [0.3, 0.4) is 0 Å². The first kappa shape index (κ1) is 21.6. The normalized spacial score (nSPS) is 26.5. The van der Waals surface area contributed by atoms with Crippen LogP contribution in [-0.2, 0) is 18.5 Å². The molecule has 4 heterocycles. The van der Waals surface area contributed by atoms with E-state index in [0.29, 0.717) is 17.8 Å². The molecule has 2 fully saturated rings. The number of nitriles is 1. The van der Waals surface area contributed by atoms with Gasteiger partial charge in [-0.2, -0.15) is 10.4 Å². The van der Waals surface area contributed by atoms with Crippen molar-refractivity contribution < 1.29 is 27.8 Å². The highest BCUT2D eigenvalue weighted by molar-refractivity contribution is 7.42. The molecule has 12 heteroatoms. The van der Waals surface area contributed by atoms with E-state index in [1.54, 1.807) is 41.8 Å². The quantitative estimate of drug-likeness (QED) is 0.437. The molecule has 0 saturated carbocycles. The van der Waals surface area contributed by atoms with Gasteiger partial charge in [-0.1, -0.05) is 12.1 Å². The molecular formula is C21H20N5O6P. The largest absolute Gasteiger partial charge is 0.462 e. The van der Waals surface area contributed by atoms with Crippen molar-refractivity contribution in [1.82, 2.24) is 14.6 Å². The minimum Gasteiger partial charge on any atom is -0.462 e. The van der Waals surface area contributed by atoms with Crippen LogP contribution in [0.4, 0.5) is 5.82 Å². The number of fused-ring (bicyclic) bond motifs is 2. The fourth-order valence-electron chi connectivity index (χ4n) is 3.88. The lowest BCUT2D eigenvalue weighted by Gasteiger charge is -2.34. The van der Waals surface area contributed by atoms with Crippen LogP contribution in [0.2, 0.25) is 0 Å². The Hall–Kier alpha value is -3.29. The van der Waals surface area contributed by atoms with Gasteiger partial charge in [0.2, 0.25) is 5.60 Å². The summed E-state index contributed by atoms with van der Waals surface area (Å²) in [6.45, 7) is 1.93. The highest BCUT2D eigenvalue weighted by Crippen LogP contribution is 2.55. The monoisotopic (exact) mass is 469 g/mol. The molecule has 4 atom stereocenters. The molecule has 2 aliphatic rings. The number of ether oxygens (including phenoxy) is 2. The van der Waals surface area contributed by atoms with E-state index in [-0.39, 0.29) is 24.5 Å². The van der Waals surface area contributed by atoms with E-state index in [0.717, 1.165) is 5.69 Å². The van der Waals surface area contributed by atoms with Gasteiger partial charge < -0.3 is 19.7 Å². The van der Waals surface area contributed by atoms with Gasteiger partial charge in [0.05, 0.1) is 12.3 Å². The van der Waals surface area contributed by atoms with Gasteiger partial charge >= 0.3 is 14.6 Å². The predicted molar refractivity (Wildman–Crippen MR) is 115 cm³/mol. The van der Waals surface area contributed by atoms with Crippen LogP contribution in [-0.4, -0.2) is 45.5 Å². The Bertz CT molecular complexity index is 1250. The zero-order valence-corrected chi connectivity index (χ0v) is 18.5. The average Bonchev–Trinajstić information content (AvgIpc) is 3.42. The first-order valence-electron chi connectivity index (χ1n) is 10.3. The van der Waals surface area contributed by atoms with E-state index in [9.17, 15) is 10.1 Å². The number of nitrogens with zero attached hydrogens (tertiary/aromatic N) is 4. The number of benzene rings is 1. The number of hydrogen-bond donors (Lipinski definition) is 1. The molecule has 170 valence electrons. The molecule has 2 unspecified atom stereocenters. The van der Waals surface area contributed by atoms with Gasteiger partial charge in [-0.3, -0.25) is 9.05 Å². The van der Waals surface area contributed by atoms with Gasteiger partial charge in [-0.15, -0.1) is 0 Å². The Morgan fingerprint density at radius 2 is 2.24 bits per heavy atom. The molecule has 0 bridgehead atoms. The van der Waals surface area contributed by atoms with Crippen molar-refractivity contribution in [3.05, 3.63) is 54.0 Å². The van der Waals surface area contributed by atoms with Gasteiger partial charge in [-0.25, -0.2) is 14.3 Å². The van der Waals surface area contributed by atoms with Crippen molar-refractivity contribution in [3.8, 4) is 11.8 Å². The zero-order valence-electron chi connectivity index (χ0n) is 17.6. The first-order valence-corrected chi connectivity index (χ1v) is 11.4. The number of rotatable bonds is 5. The highest BCUT2D eigenvalue weighted by Gasteiger charge is 2.56. The number of para-hydroxylation sites is 1. The number of anilines is 1. The maximum Gasteiger partial charge on any atom is 0.397 e. The minimum absolute atomic E-state index is 0.0433. The van der Waals surface area contributed by atoms with Crippen LogP contribution in [0, 0.1) is 11.3 Å². The summed E-state index contributed by atoms with van der Waals surface area (Å²) in [6.07, 6.45) is 0.666. The van der Waals surface area contributed by atoms with E-state index in [1.165, 1.54) is 6.33 Å². The third kappa shape index (κ3) is 3.77. The fraction of sp³-hybridized carbons (Fsp3) is 0.333. The lowest BCUT2D eigenvalue weighted by atomic mass is 9.99. The van der Waals surface area contributed by atoms with E-state index in [4.69, 9.17) is 28.8 Å². The number of nitrogen functional groups attached to an aromatic ring is 1. The molecule has 0 radical (unpaired) electrons. The number of carbonyl (C=O) groups excluding carboxylic acids is 1.